The van der Waals surface area contributed by atoms with Crippen molar-refractivity contribution in [2.75, 3.05) is 0 Å². The highest BCUT2D eigenvalue weighted by Crippen LogP contribution is 2.34. The normalized spacial score (nSPS) is 12.5. The predicted molar refractivity (Wildman–Crippen MR) is 146 cm³/mol. The molecule has 2 aromatic carbocycles. The van der Waals surface area contributed by atoms with Gasteiger partial charge in [-0.1, -0.05) is 0 Å². The molecule has 0 spiro atoms. The Balaban J connectivity index is 2.08. The van der Waals surface area contributed by atoms with Gasteiger partial charge >= 0.3 is 0 Å². The Kier molecular flexibility index (Phi) is 7.21. The van der Waals surface area contributed by atoms with Gasteiger partial charge in [0.15, 0.2) is 5.82 Å². The number of aromatic nitrogens is 2. The van der Waals surface area contributed by atoms with Crippen LogP contribution in [0.2, 0.25) is 0 Å². The van der Waals surface area contributed by atoms with Gasteiger partial charge in [0, 0.05) is 6.20 Å². The molecule has 4 nitrogen and oxygen atoms in total. The van der Waals surface area contributed by atoms with Gasteiger partial charge < -0.3 is 0 Å². The summed E-state index contributed by atoms with van der Waals surface area (Å²) >= 11 is 0. The fourth-order valence-corrected chi connectivity index (χ4v) is 4.47. The van der Waals surface area contributed by atoms with Crippen LogP contribution in [0.25, 0.3) is 0 Å². The van der Waals surface area contributed by atoms with Crippen LogP contribution in [0.1, 0.15) is 81.0 Å². The van der Waals surface area contributed by atoms with E-state index in [1.807, 2.05) is 19.9 Å². The Morgan fingerprint density at radius 2 is 0.882 bits per heavy atom. The van der Waals surface area contributed by atoms with E-state index in [2.05, 4.69) is 74.2 Å². The van der Waals surface area contributed by atoms with E-state index in [0.29, 0.717) is 5.82 Å². The van der Waals surface area contributed by atoms with Crippen LogP contribution in [-0.2, 0) is 0 Å². The number of benzene rings is 2. The molecule has 0 aliphatic rings. The van der Waals surface area contributed by atoms with Crippen molar-refractivity contribution in [3.05, 3.63) is 79.4 Å². The summed E-state index contributed by atoms with van der Waals surface area (Å²) in [5.74, 6) is 0.631. The van der Waals surface area contributed by atoms with Crippen molar-refractivity contribution in [2.24, 2.45) is 9.98 Å². The molecule has 0 fully saturated rings. The monoisotopic (exact) mass is 454 g/mol. The van der Waals surface area contributed by atoms with E-state index in [9.17, 15) is 0 Å². The molecule has 0 aliphatic heterocycles. The molecule has 0 unspecified atom stereocenters. The first-order chi connectivity index (χ1) is 15.9. The molecular weight excluding hydrogens is 416 g/mol. The molecule has 34 heavy (non-hydrogen) atoms. The molecule has 1 aromatic heterocycles. The highest BCUT2D eigenvalue weighted by Gasteiger charge is 2.15. The van der Waals surface area contributed by atoms with Crippen LogP contribution in [0.3, 0.4) is 0 Å². The number of nitrogens with zero attached hydrogens (tertiary/aromatic N) is 4. The van der Waals surface area contributed by atoms with Gasteiger partial charge in [-0.2, -0.15) is 0 Å². The van der Waals surface area contributed by atoms with Gasteiger partial charge in [0.1, 0.15) is 0 Å². The second-order valence-electron chi connectivity index (χ2n) is 9.61. The molecule has 4 heteroatoms. The van der Waals surface area contributed by atoms with E-state index in [1.54, 1.807) is 6.20 Å². The molecule has 0 bridgehead atoms. The third-order valence-electron chi connectivity index (χ3n) is 7.83. The predicted octanol–water partition coefficient (Wildman–Crippen LogP) is 7.84. The van der Waals surface area contributed by atoms with Gasteiger partial charge in [0.2, 0.25) is 0 Å². The fourth-order valence-electron chi connectivity index (χ4n) is 4.47. The Bertz CT molecular complexity index is 1200. The lowest BCUT2D eigenvalue weighted by Crippen LogP contribution is -2.08. The summed E-state index contributed by atoms with van der Waals surface area (Å²) in [5, 5.41) is 0. The highest BCUT2D eigenvalue weighted by molar-refractivity contribution is 6.01. The van der Waals surface area contributed by atoms with Crippen molar-refractivity contribution < 1.29 is 0 Å². The molecule has 3 aromatic rings. The lowest BCUT2D eigenvalue weighted by molar-refractivity contribution is 1.10. The third-order valence-corrected chi connectivity index (χ3v) is 7.83. The summed E-state index contributed by atoms with van der Waals surface area (Å²) in [7, 11) is 0. The minimum absolute atomic E-state index is 0.631. The van der Waals surface area contributed by atoms with E-state index in [1.165, 1.54) is 55.6 Å². The lowest BCUT2D eigenvalue weighted by atomic mass is 9.93. The average Bonchev–Trinajstić information content (AvgIpc) is 2.84. The van der Waals surface area contributed by atoms with Gasteiger partial charge in [0.25, 0.3) is 0 Å². The van der Waals surface area contributed by atoms with Crippen molar-refractivity contribution >= 4 is 22.8 Å². The van der Waals surface area contributed by atoms with Crippen LogP contribution in [0.5, 0.6) is 0 Å². The molecule has 0 saturated heterocycles. The molecular formula is C30H38N4. The minimum Gasteiger partial charge on any atom is -0.251 e. The van der Waals surface area contributed by atoms with Crippen molar-refractivity contribution in [2.45, 2.75) is 83.1 Å². The SMILES string of the molecule is C/C(=N\c1c(C)c(C)c(C)c(C)c1C)c1ccnc(/C(C)=N/c2c(C)c(C)c(C)c(C)c2C)n1. The summed E-state index contributed by atoms with van der Waals surface area (Å²) < 4.78 is 0. The topological polar surface area (TPSA) is 50.5 Å². The standard InChI is InChI=1S/C30H38N4/c1-15-17(3)21(7)28(22(8)18(15)4)32-25(11)27-13-14-31-30(34-27)26(12)33-29-23(9)19(5)16(2)20(6)24(29)10/h13-14H,1-12H3/b32-25+,33-26+. The van der Waals surface area contributed by atoms with E-state index in [4.69, 9.17) is 15.0 Å². The van der Waals surface area contributed by atoms with E-state index in [-0.39, 0.29) is 0 Å². The molecule has 0 amide bonds. The smallest absolute Gasteiger partial charge is 0.174 e. The van der Waals surface area contributed by atoms with Crippen LogP contribution in [0.4, 0.5) is 11.4 Å². The zero-order valence-corrected chi connectivity index (χ0v) is 22.9. The van der Waals surface area contributed by atoms with Crippen molar-refractivity contribution in [1.82, 2.24) is 9.97 Å². The second kappa shape index (κ2) is 9.61. The molecule has 1 heterocycles. The number of hydrogen-bond acceptors (Lipinski definition) is 4. The minimum atomic E-state index is 0.631. The van der Waals surface area contributed by atoms with E-state index >= 15 is 0 Å². The Labute approximate surface area is 205 Å². The first-order valence-corrected chi connectivity index (χ1v) is 11.9. The maximum atomic E-state index is 5.02. The summed E-state index contributed by atoms with van der Waals surface area (Å²) in [4.78, 5) is 19.4. The number of rotatable bonds is 4. The van der Waals surface area contributed by atoms with Crippen molar-refractivity contribution in [3.8, 4) is 0 Å². The first kappa shape index (κ1) is 25.5. The van der Waals surface area contributed by atoms with Crippen molar-refractivity contribution in [1.29, 1.82) is 0 Å². The number of hydrogen-bond donors (Lipinski definition) is 0. The molecule has 0 aliphatic carbocycles. The lowest BCUT2D eigenvalue weighted by Gasteiger charge is -2.17. The largest absolute Gasteiger partial charge is 0.251 e. The van der Waals surface area contributed by atoms with E-state index < -0.39 is 0 Å². The maximum absolute atomic E-state index is 5.02. The summed E-state index contributed by atoms with van der Waals surface area (Å²) in [5.41, 5.74) is 17.3. The molecule has 178 valence electrons. The molecule has 0 radical (unpaired) electrons. The quantitative estimate of drug-likeness (QED) is 0.377. The summed E-state index contributed by atoms with van der Waals surface area (Å²) in [6.45, 7) is 25.6. The summed E-state index contributed by atoms with van der Waals surface area (Å²) in [6, 6.07) is 1.92. The van der Waals surface area contributed by atoms with Gasteiger partial charge in [-0.05, 0) is 145 Å². The van der Waals surface area contributed by atoms with Gasteiger partial charge in [-0.3, -0.25) is 4.99 Å². The second-order valence-corrected chi connectivity index (χ2v) is 9.61. The molecule has 3 rings (SSSR count). The van der Waals surface area contributed by atoms with Gasteiger partial charge in [0.05, 0.1) is 28.5 Å². The fraction of sp³-hybridized carbons (Fsp3) is 0.400. The highest BCUT2D eigenvalue weighted by atomic mass is 14.9. The Morgan fingerprint density at radius 1 is 0.529 bits per heavy atom. The van der Waals surface area contributed by atoms with E-state index in [0.717, 1.165) is 28.5 Å². The number of aliphatic imine (C=N–C) groups is 2. The first-order valence-electron chi connectivity index (χ1n) is 11.9. The Hall–Kier alpha value is -3.14. The van der Waals surface area contributed by atoms with Crippen LogP contribution in [-0.4, -0.2) is 21.4 Å². The summed E-state index contributed by atoms with van der Waals surface area (Å²) in [6.07, 6.45) is 1.80. The Morgan fingerprint density at radius 3 is 1.29 bits per heavy atom. The maximum Gasteiger partial charge on any atom is 0.174 e. The third kappa shape index (κ3) is 4.46. The van der Waals surface area contributed by atoms with Crippen LogP contribution in [0.15, 0.2) is 22.2 Å². The molecule has 0 atom stereocenters. The van der Waals surface area contributed by atoms with Crippen LogP contribution in [0, 0.1) is 69.2 Å². The van der Waals surface area contributed by atoms with Gasteiger partial charge in [-0.25, -0.2) is 15.0 Å². The molecule has 0 saturated carbocycles. The zero-order chi connectivity index (χ0) is 25.5. The van der Waals surface area contributed by atoms with Crippen molar-refractivity contribution in [3.63, 3.8) is 0 Å². The average molecular weight is 455 g/mol. The van der Waals surface area contributed by atoms with Gasteiger partial charge in [-0.15, -0.1) is 0 Å². The zero-order valence-electron chi connectivity index (χ0n) is 22.9. The van der Waals surface area contributed by atoms with Crippen LogP contribution >= 0.6 is 0 Å². The van der Waals surface area contributed by atoms with Crippen LogP contribution < -0.4 is 0 Å². The molecule has 0 N–H and O–H groups in total.